The molecule has 1 unspecified atom stereocenters. The predicted octanol–water partition coefficient (Wildman–Crippen LogP) is 3.70. The summed E-state index contributed by atoms with van der Waals surface area (Å²) in [5.74, 6) is 0.707. The van der Waals surface area contributed by atoms with Crippen molar-refractivity contribution in [3.05, 3.63) is 35.4 Å². The number of rotatable bonds is 5. The first-order valence-electron chi connectivity index (χ1n) is 8.82. The molecule has 0 amide bonds. The van der Waals surface area contributed by atoms with E-state index in [-0.39, 0.29) is 0 Å². The molecule has 0 bridgehead atoms. The van der Waals surface area contributed by atoms with E-state index in [1.54, 1.807) is 11.1 Å². The number of nitrogens with zero attached hydrogens (tertiary/aromatic N) is 1. The zero-order valence-corrected chi connectivity index (χ0v) is 13.5. The molecule has 2 nitrogen and oxygen atoms in total. The van der Waals surface area contributed by atoms with Gasteiger partial charge in [-0.1, -0.05) is 44.0 Å². The largest absolute Gasteiger partial charge is 0.329 e. The molecule has 0 heterocycles. The first-order valence-corrected chi connectivity index (χ1v) is 8.82. The maximum Gasteiger partial charge on any atom is 0.0331 e. The Balaban J connectivity index is 1.79. The Kier molecular flexibility index (Phi) is 4.66. The summed E-state index contributed by atoms with van der Waals surface area (Å²) >= 11 is 0. The summed E-state index contributed by atoms with van der Waals surface area (Å²) in [5.41, 5.74) is 9.68. The van der Waals surface area contributed by atoms with Crippen LogP contribution in [0.15, 0.2) is 24.3 Å². The van der Waals surface area contributed by atoms with Gasteiger partial charge >= 0.3 is 0 Å². The van der Waals surface area contributed by atoms with Crippen LogP contribution in [0.1, 0.15) is 62.5 Å². The van der Waals surface area contributed by atoms with Crippen LogP contribution in [0.25, 0.3) is 0 Å². The molecule has 0 radical (unpaired) electrons. The standard InChI is InChI=1S/C19H30N2/c1-2-21(19(15-20)12-5-6-13-19)14-17-10-7-9-16-8-3-4-11-18(16)17/h3-4,8,11,17H,2,5-7,9-10,12-15,20H2,1H3. The fourth-order valence-corrected chi connectivity index (χ4v) is 4.65. The maximum atomic E-state index is 6.20. The average Bonchev–Trinajstić information content (AvgIpc) is 3.02. The zero-order chi connectivity index (χ0) is 14.7. The molecule has 0 saturated heterocycles. The van der Waals surface area contributed by atoms with Gasteiger partial charge in [0, 0.05) is 18.6 Å². The lowest BCUT2D eigenvalue weighted by atomic mass is 9.81. The zero-order valence-electron chi connectivity index (χ0n) is 13.5. The summed E-state index contributed by atoms with van der Waals surface area (Å²) < 4.78 is 0. The monoisotopic (exact) mass is 286 g/mol. The average molecular weight is 286 g/mol. The van der Waals surface area contributed by atoms with Crippen LogP contribution in [0.4, 0.5) is 0 Å². The molecule has 2 aliphatic carbocycles. The quantitative estimate of drug-likeness (QED) is 0.894. The van der Waals surface area contributed by atoms with Gasteiger partial charge in [-0.2, -0.15) is 0 Å². The number of hydrogen-bond acceptors (Lipinski definition) is 2. The van der Waals surface area contributed by atoms with Gasteiger partial charge < -0.3 is 5.73 Å². The fraction of sp³-hybridized carbons (Fsp3) is 0.684. The second-order valence-corrected chi connectivity index (χ2v) is 6.96. The highest BCUT2D eigenvalue weighted by Gasteiger charge is 2.38. The summed E-state index contributed by atoms with van der Waals surface area (Å²) in [5, 5.41) is 0. The van der Waals surface area contributed by atoms with E-state index in [1.807, 2.05) is 0 Å². The molecule has 0 spiro atoms. The molecule has 1 atom stereocenters. The van der Waals surface area contributed by atoms with Gasteiger partial charge in [0.2, 0.25) is 0 Å². The lowest BCUT2D eigenvalue weighted by Crippen LogP contribution is -2.53. The summed E-state index contributed by atoms with van der Waals surface area (Å²) in [4.78, 5) is 2.72. The summed E-state index contributed by atoms with van der Waals surface area (Å²) in [6.45, 7) is 5.47. The highest BCUT2D eigenvalue weighted by atomic mass is 15.2. The smallest absolute Gasteiger partial charge is 0.0331 e. The van der Waals surface area contributed by atoms with Gasteiger partial charge in [-0.05, 0) is 55.7 Å². The second-order valence-electron chi connectivity index (χ2n) is 6.96. The molecular formula is C19H30N2. The number of fused-ring (bicyclic) bond motifs is 1. The van der Waals surface area contributed by atoms with Crippen molar-refractivity contribution < 1.29 is 0 Å². The van der Waals surface area contributed by atoms with Gasteiger partial charge in [-0.3, -0.25) is 4.90 Å². The SMILES string of the molecule is CCN(CC1CCCc2ccccc21)C1(CN)CCCC1. The lowest BCUT2D eigenvalue weighted by molar-refractivity contribution is 0.0948. The van der Waals surface area contributed by atoms with Crippen LogP contribution in [0.2, 0.25) is 0 Å². The minimum absolute atomic E-state index is 0.293. The van der Waals surface area contributed by atoms with Crippen LogP contribution in [0, 0.1) is 0 Å². The Labute approximate surface area is 129 Å². The van der Waals surface area contributed by atoms with Crippen LogP contribution in [0.5, 0.6) is 0 Å². The minimum Gasteiger partial charge on any atom is -0.329 e. The third kappa shape index (κ3) is 2.89. The number of hydrogen-bond donors (Lipinski definition) is 1. The first-order chi connectivity index (χ1) is 10.3. The van der Waals surface area contributed by atoms with Crippen molar-refractivity contribution in [1.82, 2.24) is 4.90 Å². The molecule has 1 aromatic rings. The van der Waals surface area contributed by atoms with Crippen molar-refractivity contribution in [2.45, 2.75) is 63.3 Å². The van der Waals surface area contributed by atoms with Crippen molar-refractivity contribution in [3.8, 4) is 0 Å². The van der Waals surface area contributed by atoms with Gasteiger partial charge in [0.15, 0.2) is 0 Å². The molecule has 1 fully saturated rings. The molecule has 3 rings (SSSR count). The highest BCUT2D eigenvalue weighted by Crippen LogP contribution is 2.38. The Morgan fingerprint density at radius 3 is 2.67 bits per heavy atom. The van der Waals surface area contributed by atoms with Gasteiger partial charge in [-0.25, -0.2) is 0 Å². The van der Waals surface area contributed by atoms with Crippen LogP contribution in [-0.2, 0) is 6.42 Å². The number of likely N-dealkylation sites (N-methyl/N-ethyl adjacent to an activating group) is 1. The molecule has 0 aliphatic heterocycles. The molecule has 1 aromatic carbocycles. The molecule has 2 aliphatic rings. The van der Waals surface area contributed by atoms with Crippen molar-refractivity contribution in [3.63, 3.8) is 0 Å². The Bertz CT molecular complexity index is 462. The normalized spacial score (nSPS) is 24.2. The Morgan fingerprint density at radius 2 is 1.95 bits per heavy atom. The summed E-state index contributed by atoms with van der Waals surface area (Å²) in [7, 11) is 0. The number of nitrogens with two attached hydrogens (primary N) is 1. The van der Waals surface area contributed by atoms with Crippen molar-refractivity contribution in [2.24, 2.45) is 5.73 Å². The van der Waals surface area contributed by atoms with Crippen LogP contribution >= 0.6 is 0 Å². The molecule has 21 heavy (non-hydrogen) atoms. The van der Waals surface area contributed by atoms with E-state index >= 15 is 0 Å². The van der Waals surface area contributed by atoms with E-state index < -0.39 is 0 Å². The highest BCUT2D eigenvalue weighted by molar-refractivity contribution is 5.33. The molecule has 1 saturated carbocycles. The van der Waals surface area contributed by atoms with Crippen LogP contribution < -0.4 is 5.73 Å². The van der Waals surface area contributed by atoms with Crippen LogP contribution in [0.3, 0.4) is 0 Å². The van der Waals surface area contributed by atoms with Crippen molar-refractivity contribution >= 4 is 0 Å². The Morgan fingerprint density at radius 1 is 1.19 bits per heavy atom. The summed E-state index contributed by atoms with van der Waals surface area (Å²) in [6, 6.07) is 9.08. The molecule has 2 heteroatoms. The van der Waals surface area contributed by atoms with Gasteiger partial charge in [0.05, 0.1) is 0 Å². The third-order valence-electron chi connectivity index (χ3n) is 5.90. The topological polar surface area (TPSA) is 29.3 Å². The molecular weight excluding hydrogens is 256 g/mol. The molecule has 116 valence electrons. The maximum absolute atomic E-state index is 6.20. The fourth-order valence-electron chi connectivity index (χ4n) is 4.65. The summed E-state index contributed by atoms with van der Waals surface area (Å²) in [6.07, 6.45) is 9.26. The molecule has 0 aromatic heterocycles. The minimum atomic E-state index is 0.293. The van der Waals surface area contributed by atoms with E-state index in [1.165, 1.54) is 51.5 Å². The van der Waals surface area contributed by atoms with E-state index in [4.69, 9.17) is 5.73 Å². The van der Waals surface area contributed by atoms with Gasteiger partial charge in [0.25, 0.3) is 0 Å². The van der Waals surface area contributed by atoms with Crippen molar-refractivity contribution in [1.29, 1.82) is 0 Å². The van der Waals surface area contributed by atoms with E-state index in [0.717, 1.165) is 13.1 Å². The predicted molar refractivity (Wildman–Crippen MR) is 89.6 cm³/mol. The Hall–Kier alpha value is -0.860. The van der Waals surface area contributed by atoms with E-state index in [0.29, 0.717) is 11.5 Å². The van der Waals surface area contributed by atoms with Crippen LogP contribution in [-0.4, -0.2) is 30.1 Å². The molecule has 2 N–H and O–H groups in total. The van der Waals surface area contributed by atoms with Gasteiger partial charge in [-0.15, -0.1) is 0 Å². The first kappa shape index (κ1) is 15.1. The number of aryl methyl sites for hydroxylation is 1. The van der Waals surface area contributed by atoms with E-state index in [2.05, 4.69) is 36.1 Å². The van der Waals surface area contributed by atoms with Crippen molar-refractivity contribution in [2.75, 3.05) is 19.6 Å². The third-order valence-corrected chi connectivity index (χ3v) is 5.90. The van der Waals surface area contributed by atoms with Gasteiger partial charge in [0.1, 0.15) is 0 Å². The second kappa shape index (κ2) is 6.50. The lowest BCUT2D eigenvalue weighted by Gasteiger charge is -2.43. The van der Waals surface area contributed by atoms with E-state index in [9.17, 15) is 0 Å². The number of benzene rings is 1.